The number of amides is 1. The molecule has 0 unspecified atom stereocenters. The molecule has 6 N–H and O–H groups in total. The maximum atomic E-state index is 13.7. The van der Waals surface area contributed by atoms with Gasteiger partial charge in [-0.1, -0.05) is 11.6 Å². The second-order valence-corrected chi connectivity index (χ2v) is 6.19. The van der Waals surface area contributed by atoms with Crippen LogP contribution in [0.2, 0.25) is 5.15 Å². The van der Waals surface area contributed by atoms with Crippen molar-refractivity contribution in [2.24, 2.45) is 5.73 Å². The zero-order chi connectivity index (χ0) is 17.8. The molecule has 0 aliphatic rings. The number of aromatic nitrogens is 1. The van der Waals surface area contributed by atoms with Gasteiger partial charge in [0.05, 0.1) is 29.4 Å². The number of aliphatic hydroxyl groups excluding tert-OH is 1. The fourth-order valence-electron chi connectivity index (χ4n) is 1.59. The molecule has 9 heteroatoms. The van der Waals surface area contributed by atoms with Crippen LogP contribution in [0.15, 0.2) is 12.3 Å². The number of nitrogens with two attached hydrogens (primary N) is 1. The Labute approximate surface area is 139 Å². The lowest BCUT2D eigenvalue weighted by Gasteiger charge is -2.23. The molecule has 0 saturated carbocycles. The van der Waals surface area contributed by atoms with E-state index in [0.717, 1.165) is 0 Å². The van der Waals surface area contributed by atoms with Gasteiger partial charge in [-0.15, -0.1) is 0 Å². The number of hydrogen-bond acceptors (Lipinski definition) is 6. The molecule has 0 aliphatic heterocycles. The number of carbonyl (C=O) groups is 1. The summed E-state index contributed by atoms with van der Waals surface area (Å²) in [5.41, 5.74) is 4.22. The third-order valence-corrected chi connectivity index (χ3v) is 3.43. The first-order chi connectivity index (χ1) is 10.5. The van der Waals surface area contributed by atoms with Gasteiger partial charge in [0.1, 0.15) is 17.6 Å². The highest BCUT2D eigenvalue weighted by Crippen LogP contribution is 2.20. The monoisotopic (exact) mass is 348 g/mol. The molecule has 0 aliphatic carbocycles. The highest BCUT2D eigenvalue weighted by Gasteiger charge is 2.27. The van der Waals surface area contributed by atoms with Crippen LogP contribution in [0.5, 0.6) is 0 Å². The molecular weight excluding hydrogens is 327 g/mol. The number of nitrogens with zero attached hydrogens (tertiary/aromatic N) is 1. The number of pyridine rings is 1. The number of nitrogens with one attached hydrogen (secondary N) is 2. The molecule has 0 spiro atoms. The molecule has 1 aromatic heterocycles. The van der Waals surface area contributed by atoms with Crippen LogP contribution in [0.1, 0.15) is 31.1 Å². The summed E-state index contributed by atoms with van der Waals surface area (Å²) in [6.07, 6.45) is -1.55. The summed E-state index contributed by atoms with van der Waals surface area (Å²) in [7, 11) is 0. The van der Waals surface area contributed by atoms with E-state index >= 15 is 0 Å². The van der Waals surface area contributed by atoms with Gasteiger partial charge >= 0.3 is 0 Å². The van der Waals surface area contributed by atoms with Crippen molar-refractivity contribution in [2.75, 3.05) is 11.9 Å². The van der Waals surface area contributed by atoms with Crippen LogP contribution in [0.3, 0.4) is 0 Å². The zero-order valence-electron chi connectivity index (χ0n) is 13.2. The number of anilines is 1. The van der Waals surface area contributed by atoms with E-state index in [0.29, 0.717) is 5.69 Å². The SMILES string of the molecule is C[C@@H](Nc1cc(Cl)ncc1C(=O)NC[C@@H](F)C(C)(C)O)[C@H](N)O. The van der Waals surface area contributed by atoms with E-state index in [-0.39, 0.29) is 17.3 Å². The van der Waals surface area contributed by atoms with Crippen LogP contribution < -0.4 is 16.4 Å². The van der Waals surface area contributed by atoms with Crippen LogP contribution in [0.25, 0.3) is 0 Å². The summed E-state index contributed by atoms with van der Waals surface area (Å²) in [6, 6.07) is 0.850. The third kappa shape index (κ3) is 5.91. The number of rotatable bonds is 7. The highest BCUT2D eigenvalue weighted by molar-refractivity contribution is 6.29. The molecule has 0 fully saturated rings. The molecule has 0 saturated heterocycles. The Kier molecular flexibility index (Phi) is 6.69. The number of alkyl halides is 1. The molecule has 0 aromatic carbocycles. The molecular formula is C14H22ClFN4O3. The Morgan fingerprint density at radius 2 is 2.17 bits per heavy atom. The predicted molar refractivity (Wildman–Crippen MR) is 86.1 cm³/mol. The number of hydrogen-bond donors (Lipinski definition) is 5. The van der Waals surface area contributed by atoms with E-state index in [1.807, 2.05) is 0 Å². The van der Waals surface area contributed by atoms with Crippen molar-refractivity contribution in [3.8, 4) is 0 Å². The lowest BCUT2D eigenvalue weighted by molar-refractivity contribution is -0.00177. The number of aliphatic hydroxyl groups is 2. The average molecular weight is 349 g/mol. The fourth-order valence-corrected chi connectivity index (χ4v) is 1.75. The lowest BCUT2D eigenvalue weighted by Crippen LogP contribution is -2.42. The van der Waals surface area contributed by atoms with Gasteiger partial charge in [-0.2, -0.15) is 0 Å². The van der Waals surface area contributed by atoms with Crippen molar-refractivity contribution in [3.05, 3.63) is 23.0 Å². The molecule has 1 rings (SSSR count). The maximum Gasteiger partial charge on any atom is 0.255 e. The number of carbonyl (C=O) groups excluding carboxylic acids is 1. The standard InChI is InChI=1S/C14H22ClFN4O3/c1-7(12(17)21)20-9-4-11(15)18-5-8(9)13(22)19-6-10(16)14(2,3)23/h4-5,7,10,12,21,23H,6,17H2,1-3H3,(H,18,20)(H,19,22)/t7-,10-,12-/m1/s1. The molecule has 1 heterocycles. The smallest absolute Gasteiger partial charge is 0.255 e. The van der Waals surface area contributed by atoms with Crippen LogP contribution >= 0.6 is 11.6 Å². The summed E-state index contributed by atoms with van der Waals surface area (Å²) >= 11 is 5.80. The molecule has 1 aromatic rings. The van der Waals surface area contributed by atoms with Crippen molar-refractivity contribution in [1.29, 1.82) is 0 Å². The Morgan fingerprint density at radius 3 is 2.70 bits per heavy atom. The molecule has 7 nitrogen and oxygen atoms in total. The normalized spacial score (nSPS) is 15.7. The van der Waals surface area contributed by atoms with Crippen molar-refractivity contribution in [2.45, 2.75) is 44.8 Å². The summed E-state index contributed by atoms with van der Waals surface area (Å²) < 4.78 is 13.7. The first-order valence-corrected chi connectivity index (χ1v) is 7.40. The Hall–Kier alpha value is -1.48. The number of halogens is 2. The van der Waals surface area contributed by atoms with E-state index in [1.54, 1.807) is 6.92 Å². The van der Waals surface area contributed by atoms with Gasteiger partial charge < -0.3 is 26.6 Å². The van der Waals surface area contributed by atoms with Gasteiger partial charge in [-0.3, -0.25) is 4.79 Å². The Morgan fingerprint density at radius 1 is 1.57 bits per heavy atom. The quantitative estimate of drug-likeness (QED) is 0.364. The maximum absolute atomic E-state index is 13.7. The van der Waals surface area contributed by atoms with Gasteiger partial charge in [0.15, 0.2) is 0 Å². The third-order valence-electron chi connectivity index (χ3n) is 3.22. The second-order valence-electron chi connectivity index (χ2n) is 5.81. The summed E-state index contributed by atoms with van der Waals surface area (Å²) in [4.78, 5) is 16.0. The summed E-state index contributed by atoms with van der Waals surface area (Å²) in [5, 5.41) is 24.2. The van der Waals surface area contributed by atoms with E-state index in [1.165, 1.54) is 26.1 Å². The van der Waals surface area contributed by atoms with E-state index < -0.39 is 29.9 Å². The Bertz CT molecular complexity index is 551. The van der Waals surface area contributed by atoms with Gasteiger partial charge in [-0.05, 0) is 26.8 Å². The van der Waals surface area contributed by atoms with Gasteiger partial charge in [0.25, 0.3) is 5.91 Å². The topological polar surface area (TPSA) is 120 Å². The predicted octanol–water partition coefficient (Wildman–Crippen LogP) is 0.651. The van der Waals surface area contributed by atoms with Gasteiger partial charge in [0, 0.05) is 6.20 Å². The largest absolute Gasteiger partial charge is 0.387 e. The van der Waals surface area contributed by atoms with E-state index in [2.05, 4.69) is 15.6 Å². The molecule has 3 atom stereocenters. The Balaban J connectivity index is 2.88. The van der Waals surface area contributed by atoms with Crippen molar-refractivity contribution in [3.63, 3.8) is 0 Å². The molecule has 1 amide bonds. The van der Waals surface area contributed by atoms with Crippen molar-refractivity contribution < 1.29 is 19.4 Å². The van der Waals surface area contributed by atoms with Gasteiger partial charge in [-0.25, -0.2) is 9.37 Å². The minimum atomic E-state index is -1.63. The minimum Gasteiger partial charge on any atom is -0.387 e. The first kappa shape index (κ1) is 19.6. The summed E-state index contributed by atoms with van der Waals surface area (Å²) in [6.45, 7) is 3.88. The van der Waals surface area contributed by atoms with Crippen LogP contribution in [-0.4, -0.2) is 51.7 Å². The average Bonchev–Trinajstić information content (AvgIpc) is 2.43. The lowest BCUT2D eigenvalue weighted by atomic mass is 10.0. The summed E-state index contributed by atoms with van der Waals surface area (Å²) in [5.74, 6) is -0.595. The second kappa shape index (κ2) is 7.87. The molecule has 23 heavy (non-hydrogen) atoms. The molecule has 130 valence electrons. The highest BCUT2D eigenvalue weighted by atomic mass is 35.5. The molecule has 0 bridgehead atoms. The van der Waals surface area contributed by atoms with E-state index in [4.69, 9.17) is 17.3 Å². The minimum absolute atomic E-state index is 0.116. The van der Waals surface area contributed by atoms with Crippen LogP contribution in [-0.2, 0) is 0 Å². The van der Waals surface area contributed by atoms with Gasteiger partial charge in [0.2, 0.25) is 0 Å². The molecule has 0 radical (unpaired) electrons. The van der Waals surface area contributed by atoms with Crippen LogP contribution in [0.4, 0.5) is 10.1 Å². The zero-order valence-corrected chi connectivity index (χ0v) is 13.9. The first-order valence-electron chi connectivity index (χ1n) is 7.02. The van der Waals surface area contributed by atoms with Crippen molar-refractivity contribution in [1.82, 2.24) is 10.3 Å². The van der Waals surface area contributed by atoms with Crippen LogP contribution in [0, 0.1) is 0 Å². The van der Waals surface area contributed by atoms with Crippen molar-refractivity contribution >= 4 is 23.2 Å². The van der Waals surface area contributed by atoms with E-state index in [9.17, 15) is 19.4 Å². The fraction of sp³-hybridized carbons (Fsp3) is 0.571.